The number of morpholine rings is 1. The third-order valence-corrected chi connectivity index (χ3v) is 2.29. The Hall–Kier alpha value is -0.770. The number of ether oxygens (including phenoxy) is 2. The van der Waals surface area contributed by atoms with Crippen molar-refractivity contribution in [2.24, 2.45) is 0 Å². The van der Waals surface area contributed by atoms with Gasteiger partial charge in [0.15, 0.2) is 0 Å². The molecule has 1 saturated heterocycles. The predicted molar refractivity (Wildman–Crippen MR) is 62.4 cm³/mol. The van der Waals surface area contributed by atoms with Crippen molar-refractivity contribution in [1.82, 2.24) is 4.90 Å². The van der Waals surface area contributed by atoms with Crippen molar-refractivity contribution in [3.8, 4) is 0 Å². The molecule has 0 atom stereocenters. The van der Waals surface area contributed by atoms with E-state index in [1.165, 1.54) is 0 Å². The van der Waals surface area contributed by atoms with E-state index in [1.807, 2.05) is 41.5 Å². The summed E-state index contributed by atoms with van der Waals surface area (Å²) in [6, 6.07) is 0. The second-order valence-corrected chi connectivity index (χ2v) is 5.91. The monoisotopic (exact) mass is 229 g/mol. The maximum Gasteiger partial charge on any atom is 0.410 e. The van der Waals surface area contributed by atoms with Gasteiger partial charge in [-0.1, -0.05) is 0 Å². The Labute approximate surface area is 97.9 Å². The van der Waals surface area contributed by atoms with Gasteiger partial charge in [-0.25, -0.2) is 4.79 Å². The smallest absolute Gasteiger partial charge is 0.410 e. The second-order valence-electron chi connectivity index (χ2n) is 5.91. The minimum Gasteiger partial charge on any atom is -0.447 e. The molecule has 4 nitrogen and oxygen atoms in total. The SMILES string of the molecule is CC(C)OC(=O)N1CC(C)(C)OC(C)(C)C1. The second kappa shape index (κ2) is 4.24. The van der Waals surface area contributed by atoms with Crippen molar-refractivity contribution in [2.45, 2.75) is 58.8 Å². The Kier molecular flexibility index (Phi) is 3.53. The zero-order valence-electron chi connectivity index (χ0n) is 11.2. The van der Waals surface area contributed by atoms with Crippen molar-refractivity contribution in [3.05, 3.63) is 0 Å². The molecule has 0 bridgehead atoms. The number of carbonyl (C=O) groups is 1. The van der Waals surface area contributed by atoms with Crippen LogP contribution in [0.5, 0.6) is 0 Å². The Morgan fingerprint density at radius 1 is 1.19 bits per heavy atom. The van der Waals surface area contributed by atoms with Gasteiger partial charge in [0, 0.05) is 0 Å². The van der Waals surface area contributed by atoms with Gasteiger partial charge >= 0.3 is 6.09 Å². The fourth-order valence-electron chi connectivity index (χ4n) is 2.19. The van der Waals surface area contributed by atoms with Gasteiger partial charge in [0.25, 0.3) is 0 Å². The molecule has 0 radical (unpaired) electrons. The molecule has 1 fully saturated rings. The van der Waals surface area contributed by atoms with E-state index in [0.717, 1.165) is 0 Å². The van der Waals surface area contributed by atoms with E-state index in [4.69, 9.17) is 9.47 Å². The third-order valence-electron chi connectivity index (χ3n) is 2.29. The Bertz CT molecular complexity index is 255. The molecule has 0 aliphatic carbocycles. The summed E-state index contributed by atoms with van der Waals surface area (Å²) < 4.78 is 11.1. The highest BCUT2D eigenvalue weighted by Gasteiger charge is 2.40. The topological polar surface area (TPSA) is 38.8 Å². The van der Waals surface area contributed by atoms with Gasteiger partial charge in [-0.05, 0) is 41.5 Å². The molecule has 1 heterocycles. The molecule has 4 heteroatoms. The lowest BCUT2D eigenvalue weighted by Crippen LogP contribution is -2.58. The minimum absolute atomic E-state index is 0.0819. The molecule has 1 rings (SSSR count). The number of amides is 1. The van der Waals surface area contributed by atoms with Crippen LogP contribution in [0.3, 0.4) is 0 Å². The Balaban J connectivity index is 2.71. The fraction of sp³-hybridized carbons (Fsp3) is 0.917. The molecule has 94 valence electrons. The van der Waals surface area contributed by atoms with Crippen LogP contribution in [0, 0.1) is 0 Å². The average molecular weight is 229 g/mol. The summed E-state index contributed by atoms with van der Waals surface area (Å²) in [5.74, 6) is 0. The summed E-state index contributed by atoms with van der Waals surface area (Å²) in [5, 5.41) is 0. The summed E-state index contributed by atoms with van der Waals surface area (Å²) in [6.45, 7) is 12.8. The van der Waals surface area contributed by atoms with Crippen molar-refractivity contribution in [3.63, 3.8) is 0 Å². The van der Waals surface area contributed by atoms with E-state index in [1.54, 1.807) is 4.90 Å². The number of hydrogen-bond donors (Lipinski definition) is 0. The van der Waals surface area contributed by atoms with Crippen LogP contribution in [0.1, 0.15) is 41.5 Å². The van der Waals surface area contributed by atoms with Crippen LogP contribution in [-0.4, -0.2) is 41.4 Å². The molecule has 1 amide bonds. The molecule has 0 aromatic rings. The number of rotatable bonds is 1. The van der Waals surface area contributed by atoms with Gasteiger partial charge in [-0.3, -0.25) is 0 Å². The van der Waals surface area contributed by atoms with Gasteiger partial charge in [0.2, 0.25) is 0 Å². The van der Waals surface area contributed by atoms with E-state index >= 15 is 0 Å². The van der Waals surface area contributed by atoms with Crippen LogP contribution in [0.15, 0.2) is 0 Å². The molecule has 1 aliphatic heterocycles. The summed E-state index contributed by atoms with van der Waals surface area (Å²) in [6.07, 6.45) is -0.332. The lowest BCUT2D eigenvalue weighted by molar-refractivity contribution is -0.174. The van der Waals surface area contributed by atoms with Gasteiger partial charge in [-0.2, -0.15) is 0 Å². The molecule has 1 aliphatic rings. The van der Waals surface area contributed by atoms with Crippen LogP contribution < -0.4 is 0 Å². The van der Waals surface area contributed by atoms with Crippen molar-refractivity contribution < 1.29 is 14.3 Å². The lowest BCUT2D eigenvalue weighted by Gasteiger charge is -2.46. The molecule has 0 aromatic carbocycles. The highest BCUT2D eigenvalue weighted by Crippen LogP contribution is 2.28. The fourth-order valence-corrected chi connectivity index (χ4v) is 2.19. The third kappa shape index (κ3) is 3.67. The Morgan fingerprint density at radius 3 is 2.00 bits per heavy atom. The van der Waals surface area contributed by atoms with Gasteiger partial charge in [0.1, 0.15) is 0 Å². The maximum atomic E-state index is 11.8. The quantitative estimate of drug-likeness (QED) is 0.693. The Morgan fingerprint density at radius 2 is 1.62 bits per heavy atom. The van der Waals surface area contributed by atoms with Crippen LogP contribution in [0.2, 0.25) is 0 Å². The average Bonchev–Trinajstić information content (AvgIpc) is 1.96. The van der Waals surface area contributed by atoms with E-state index in [2.05, 4.69) is 0 Å². The minimum atomic E-state index is -0.322. The molecule has 0 saturated carbocycles. The van der Waals surface area contributed by atoms with Gasteiger partial charge in [0.05, 0.1) is 30.4 Å². The van der Waals surface area contributed by atoms with E-state index in [9.17, 15) is 4.79 Å². The van der Waals surface area contributed by atoms with Crippen LogP contribution in [0.25, 0.3) is 0 Å². The highest BCUT2D eigenvalue weighted by atomic mass is 16.6. The summed E-state index contributed by atoms with van der Waals surface area (Å²) in [7, 11) is 0. The summed E-state index contributed by atoms with van der Waals surface area (Å²) >= 11 is 0. The molecule has 0 aromatic heterocycles. The van der Waals surface area contributed by atoms with Crippen LogP contribution in [0.4, 0.5) is 4.79 Å². The lowest BCUT2D eigenvalue weighted by atomic mass is 9.99. The highest BCUT2D eigenvalue weighted by molar-refractivity contribution is 5.68. The van der Waals surface area contributed by atoms with Crippen molar-refractivity contribution >= 4 is 6.09 Å². The van der Waals surface area contributed by atoms with E-state index in [-0.39, 0.29) is 23.4 Å². The van der Waals surface area contributed by atoms with Crippen molar-refractivity contribution in [2.75, 3.05) is 13.1 Å². The van der Waals surface area contributed by atoms with Gasteiger partial charge < -0.3 is 14.4 Å². The zero-order chi connectivity index (χ0) is 12.6. The maximum absolute atomic E-state index is 11.8. The normalized spacial score (nSPS) is 23.3. The molecule has 16 heavy (non-hydrogen) atoms. The standard InChI is InChI=1S/C12H23NO3/c1-9(2)15-10(14)13-7-11(3,4)16-12(5,6)8-13/h9H,7-8H2,1-6H3. The molecular weight excluding hydrogens is 206 g/mol. The van der Waals surface area contributed by atoms with Gasteiger partial charge in [-0.15, -0.1) is 0 Å². The van der Waals surface area contributed by atoms with E-state index in [0.29, 0.717) is 13.1 Å². The summed E-state index contributed by atoms with van der Waals surface area (Å²) in [5.41, 5.74) is -0.643. The number of carbonyl (C=O) groups excluding carboxylic acids is 1. The van der Waals surface area contributed by atoms with Crippen LogP contribution in [-0.2, 0) is 9.47 Å². The first-order chi connectivity index (χ1) is 7.11. The van der Waals surface area contributed by atoms with Crippen LogP contribution >= 0.6 is 0 Å². The molecular formula is C12H23NO3. The number of nitrogens with zero attached hydrogens (tertiary/aromatic N) is 1. The first kappa shape index (κ1) is 13.3. The summed E-state index contributed by atoms with van der Waals surface area (Å²) in [4.78, 5) is 13.6. The first-order valence-corrected chi connectivity index (χ1v) is 5.77. The predicted octanol–water partition coefficient (Wildman–Crippen LogP) is 2.42. The number of hydrogen-bond acceptors (Lipinski definition) is 3. The van der Waals surface area contributed by atoms with E-state index < -0.39 is 0 Å². The zero-order valence-corrected chi connectivity index (χ0v) is 11.2. The largest absolute Gasteiger partial charge is 0.447 e. The van der Waals surface area contributed by atoms with Crippen molar-refractivity contribution in [1.29, 1.82) is 0 Å². The molecule has 0 N–H and O–H groups in total. The molecule has 0 spiro atoms. The first-order valence-electron chi connectivity index (χ1n) is 5.77. The molecule has 0 unspecified atom stereocenters.